The molecule has 2 heterocycles. The number of para-hydroxylation sites is 1. The number of nitrogens with one attached hydrogen (secondary N) is 1. The summed E-state index contributed by atoms with van der Waals surface area (Å²) >= 11 is 6.12. The summed E-state index contributed by atoms with van der Waals surface area (Å²) in [6.07, 6.45) is 2.85. The first kappa shape index (κ1) is 13.7. The topological polar surface area (TPSA) is 52.1 Å². The third-order valence-corrected chi connectivity index (χ3v) is 3.82. The van der Waals surface area contributed by atoms with Gasteiger partial charge in [0.1, 0.15) is 21.2 Å². The molecular weight excluding hydrogens is 271 g/mol. The van der Waals surface area contributed by atoms with E-state index in [0.717, 1.165) is 28.6 Å². The molecule has 3 rings (SSSR count). The van der Waals surface area contributed by atoms with Crippen LogP contribution in [0.15, 0.2) is 24.3 Å². The molecule has 1 aliphatic rings. The summed E-state index contributed by atoms with van der Waals surface area (Å²) in [5.74, 6) is 0. The number of aliphatic hydroxyl groups is 1. The van der Waals surface area contributed by atoms with E-state index in [-0.39, 0.29) is 0 Å². The summed E-state index contributed by atoms with van der Waals surface area (Å²) in [6, 6.07) is 5.64. The molecule has 7 heteroatoms. The number of fused-ring (bicyclic) bond motifs is 1. The van der Waals surface area contributed by atoms with E-state index in [9.17, 15) is 5.11 Å². The number of aromatic nitrogens is 2. The van der Waals surface area contributed by atoms with Crippen LogP contribution in [0, 0.1) is 0 Å². The quantitative estimate of drug-likeness (QED) is 0.816. The highest BCUT2D eigenvalue weighted by Gasteiger charge is 2.26. The van der Waals surface area contributed by atoms with Gasteiger partial charge in [0.25, 0.3) is 0 Å². The third kappa shape index (κ3) is 2.39. The lowest BCUT2D eigenvalue weighted by atomic mass is 9.71. The van der Waals surface area contributed by atoms with Crippen LogP contribution in [0.4, 0.5) is 0 Å². The van der Waals surface area contributed by atoms with E-state index in [1.807, 2.05) is 12.1 Å². The van der Waals surface area contributed by atoms with E-state index >= 15 is 0 Å². The molecule has 1 aliphatic heterocycles. The number of halogens is 1. The Kier molecular flexibility index (Phi) is 3.40. The van der Waals surface area contributed by atoms with Crippen LogP contribution in [0.1, 0.15) is 12.1 Å². The fraction of sp³-hybridized carbons (Fsp3) is 0.308. The Balaban J connectivity index is 2.00. The van der Waals surface area contributed by atoms with Gasteiger partial charge in [-0.3, -0.25) is 10.00 Å². The second-order valence-corrected chi connectivity index (χ2v) is 5.36. The third-order valence-electron chi connectivity index (χ3n) is 3.51. The molecule has 0 fully saturated rings. The number of hydrogen-bond donors (Lipinski definition) is 2. The van der Waals surface area contributed by atoms with Gasteiger partial charge in [0.2, 0.25) is 0 Å². The van der Waals surface area contributed by atoms with E-state index < -0.39 is 5.52 Å². The number of hydrogen-bond acceptors (Lipinski definition) is 3. The predicted octanol–water partition coefficient (Wildman–Crippen LogP) is 1.25. The molecule has 2 N–H and O–H groups in total. The minimum absolute atomic E-state index is 0.452. The van der Waals surface area contributed by atoms with Crippen molar-refractivity contribution in [2.45, 2.75) is 11.9 Å². The maximum absolute atomic E-state index is 9.72. The largest absolute Gasteiger partial charge is 0.395 e. The molecule has 0 unspecified atom stereocenters. The molecule has 0 aliphatic carbocycles. The maximum atomic E-state index is 9.72. The molecule has 2 aromatic rings. The molecule has 0 amide bonds. The van der Waals surface area contributed by atoms with Crippen LogP contribution in [0.5, 0.6) is 0 Å². The minimum atomic E-state index is -1.81. The predicted molar refractivity (Wildman–Crippen MR) is 81.7 cm³/mol. The molecular formula is C13H12B2ClN3O. The zero-order valence-electron chi connectivity index (χ0n) is 10.8. The van der Waals surface area contributed by atoms with Crippen LogP contribution in [0.25, 0.3) is 16.5 Å². The van der Waals surface area contributed by atoms with E-state index in [1.54, 1.807) is 11.0 Å². The highest BCUT2D eigenvalue weighted by atomic mass is 35.5. The summed E-state index contributed by atoms with van der Waals surface area (Å²) < 4.78 is 0. The van der Waals surface area contributed by atoms with E-state index in [1.165, 1.54) is 0 Å². The van der Waals surface area contributed by atoms with Crippen molar-refractivity contribution in [3.8, 4) is 0 Å². The SMILES string of the molecule is [B]C([B])(O)N1CCC=C(c2[nH]nc3c(Cl)cccc23)C1. The average molecular weight is 283 g/mol. The summed E-state index contributed by atoms with van der Waals surface area (Å²) in [5.41, 5.74) is 0.803. The standard InChI is InChI=1S/C13H12B2ClN3O/c14-13(15,20)19-6-2-3-8(7-19)11-9-4-1-5-10(16)12(9)18-17-11/h1,3-5,20H,2,6-7H2,(H,17,18). The molecule has 0 atom stereocenters. The van der Waals surface area contributed by atoms with Gasteiger partial charge in [-0.15, -0.1) is 0 Å². The number of H-pyrrole nitrogens is 1. The van der Waals surface area contributed by atoms with Crippen molar-refractivity contribution >= 4 is 43.8 Å². The Bertz CT molecular complexity index is 678. The Morgan fingerprint density at radius 2 is 2.20 bits per heavy atom. The summed E-state index contributed by atoms with van der Waals surface area (Å²) in [6.45, 7) is 1.06. The zero-order valence-corrected chi connectivity index (χ0v) is 11.6. The lowest BCUT2D eigenvalue weighted by molar-refractivity contribution is 0.0405. The van der Waals surface area contributed by atoms with Gasteiger partial charge in [-0.2, -0.15) is 5.10 Å². The van der Waals surface area contributed by atoms with Gasteiger partial charge < -0.3 is 5.11 Å². The van der Waals surface area contributed by atoms with Crippen LogP contribution in [-0.4, -0.2) is 54.5 Å². The number of nitrogens with zero attached hydrogens (tertiary/aromatic N) is 2. The molecule has 0 spiro atoms. The maximum Gasteiger partial charge on any atom is 0.120 e. The Hall–Kier alpha value is -1.23. The summed E-state index contributed by atoms with van der Waals surface area (Å²) in [5, 5.41) is 18.5. The molecule has 4 radical (unpaired) electrons. The molecule has 0 saturated carbocycles. The van der Waals surface area contributed by atoms with Crippen LogP contribution in [-0.2, 0) is 0 Å². The van der Waals surface area contributed by atoms with Crippen LogP contribution >= 0.6 is 11.6 Å². The molecule has 1 aromatic heterocycles. The fourth-order valence-electron chi connectivity index (χ4n) is 2.48. The number of rotatable bonds is 2. The summed E-state index contributed by atoms with van der Waals surface area (Å²) in [7, 11) is 11.1. The van der Waals surface area contributed by atoms with Gasteiger partial charge in [0, 0.05) is 24.0 Å². The van der Waals surface area contributed by atoms with Crippen molar-refractivity contribution in [1.82, 2.24) is 15.1 Å². The summed E-state index contributed by atoms with van der Waals surface area (Å²) in [4.78, 5) is 1.61. The second-order valence-electron chi connectivity index (χ2n) is 4.96. The van der Waals surface area contributed by atoms with Crippen molar-refractivity contribution in [3.63, 3.8) is 0 Å². The van der Waals surface area contributed by atoms with Gasteiger partial charge in [-0.05, 0) is 18.1 Å². The molecule has 4 nitrogen and oxygen atoms in total. The van der Waals surface area contributed by atoms with Gasteiger partial charge in [-0.1, -0.05) is 29.8 Å². The van der Waals surface area contributed by atoms with Crippen LogP contribution < -0.4 is 0 Å². The first-order valence-electron chi connectivity index (χ1n) is 6.34. The lowest BCUT2D eigenvalue weighted by Crippen LogP contribution is -2.51. The fourth-order valence-corrected chi connectivity index (χ4v) is 2.70. The van der Waals surface area contributed by atoms with Crippen molar-refractivity contribution < 1.29 is 5.11 Å². The number of aromatic amines is 1. The smallest absolute Gasteiger partial charge is 0.120 e. The van der Waals surface area contributed by atoms with E-state index in [0.29, 0.717) is 18.1 Å². The zero-order chi connectivity index (χ0) is 14.3. The molecule has 0 saturated heterocycles. The van der Waals surface area contributed by atoms with E-state index in [2.05, 4.69) is 16.3 Å². The van der Waals surface area contributed by atoms with E-state index in [4.69, 9.17) is 27.3 Å². The molecule has 0 bridgehead atoms. The molecule has 1 aromatic carbocycles. The monoisotopic (exact) mass is 283 g/mol. The molecule has 20 heavy (non-hydrogen) atoms. The van der Waals surface area contributed by atoms with Crippen molar-refractivity contribution in [1.29, 1.82) is 0 Å². The van der Waals surface area contributed by atoms with Crippen LogP contribution in [0.2, 0.25) is 5.02 Å². The number of benzene rings is 1. The van der Waals surface area contributed by atoms with Gasteiger partial charge >= 0.3 is 0 Å². The van der Waals surface area contributed by atoms with Crippen LogP contribution in [0.3, 0.4) is 0 Å². The van der Waals surface area contributed by atoms with Gasteiger partial charge in [-0.25, -0.2) is 0 Å². The highest BCUT2D eigenvalue weighted by Crippen LogP contribution is 2.30. The highest BCUT2D eigenvalue weighted by molar-refractivity contribution is 6.38. The average Bonchev–Trinajstić information content (AvgIpc) is 2.83. The minimum Gasteiger partial charge on any atom is -0.395 e. The Labute approximate surface area is 124 Å². The van der Waals surface area contributed by atoms with Crippen molar-refractivity contribution in [2.24, 2.45) is 0 Å². The van der Waals surface area contributed by atoms with Gasteiger partial charge in [0.15, 0.2) is 0 Å². The van der Waals surface area contributed by atoms with Crippen molar-refractivity contribution in [2.75, 3.05) is 13.1 Å². The first-order valence-corrected chi connectivity index (χ1v) is 6.72. The lowest BCUT2D eigenvalue weighted by Gasteiger charge is -2.38. The normalized spacial score (nSPS) is 17.4. The second kappa shape index (κ2) is 4.95. The molecule has 98 valence electrons. The van der Waals surface area contributed by atoms with Gasteiger partial charge in [0.05, 0.1) is 10.7 Å². The Morgan fingerprint density at radius 3 is 2.95 bits per heavy atom. The first-order chi connectivity index (χ1) is 9.47. The Morgan fingerprint density at radius 1 is 1.40 bits per heavy atom. The van der Waals surface area contributed by atoms with Crippen molar-refractivity contribution in [3.05, 3.63) is 35.0 Å².